The molecule has 0 spiro atoms. The molecule has 33 heavy (non-hydrogen) atoms. The third kappa shape index (κ3) is 4.77. The number of benzene rings is 3. The van der Waals surface area contributed by atoms with Crippen molar-refractivity contribution in [3.05, 3.63) is 83.9 Å². The average molecular weight is 441 g/mol. The largest absolute Gasteiger partial charge is 0.368 e. The molecule has 0 unspecified atom stereocenters. The van der Waals surface area contributed by atoms with Gasteiger partial charge in [-0.15, -0.1) is 0 Å². The summed E-state index contributed by atoms with van der Waals surface area (Å²) >= 11 is 0. The molecule has 7 nitrogen and oxygen atoms in total. The number of nitrogens with two attached hydrogens (primary N) is 1. The summed E-state index contributed by atoms with van der Waals surface area (Å²) in [6.07, 6.45) is 3.22. The molecule has 166 valence electrons. The summed E-state index contributed by atoms with van der Waals surface area (Å²) in [7, 11) is 0. The van der Waals surface area contributed by atoms with Crippen molar-refractivity contribution >= 4 is 51.3 Å². The van der Waals surface area contributed by atoms with E-state index < -0.39 is 11.8 Å². The topological polar surface area (TPSA) is 106 Å². The zero-order valence-electron chi connectivity index (χ0n) is 18.2. The first-order valence-corrected chi connectivity index (χ1v) is 10.6. The predicted octanol–water partition coefficient (Wildman–Crippen LogP) is 3.68. The Bertz CT molecular complexity index is 1400. The van der Waals surface area contributed by atoms with Gasteiger partial charge in [-0.25, -0.2) is 0 Å². The second-order valence-electron chi connectivity index (χ2n) is 7.59. The van der Waals surface area contributed by atoms with E-state index in [-0.39, 0.29) is 12.5 Å². The molecular weight excluding hydrogens is 416 g/mol. The molecule has 3 amide bonds. The Morgan fingerprint density at radius 3 is 2.52 bits per heavy atom. The van der Waals surface area contributed by atoms with Crippen molar-refractivity contribution in [2.24, 2.45) is 5.73 Å². The summed E-state index contributed by atoms with van der Waals surface area (Å²) in [6, 6.07) is 20.9. The van der Waals surface area contributed by atoms with Crippen molar-refractivity contribution in [1.82, 2.24) is 9.88 Å². The maximum atomic E-state index is 12.4. The van der Waals surface area contributed by atoms with Crippen molar-refractivity contribution in [1.29, 1.82) is 0 Å². The summed E-state index contributed by atoms with van der Waals surface area (Å²) < 4.78 is 2.28. The molecule has 0 fully saturated rings. The van der Waals surface area contributed by atoms with E-state index in [9.17, 15) is 14.4 Å². The van der Waals surface area contributed by atoms with Gasteiger partial charge in [-0.3, -0.25) is 14.4 Å². The fraction of sp³-hybridized carbons (Fsp3) is 0.115. The molecule has 1 heterocycles. The van der Waals surface area contributed by atoms with E-state index in [2.05, 4.69) is 46.4 Å². The maximum absolute atomic E-state index is 12.4. The minimum atomic E-state index is -0.629. The molecule has 4 N–H and O–H groups in total. The molecule has 0 saturated carbocycles. The number of anilines is 1. The van der Waals surface area contributed by atoms with Crippen LogP contribution in [0.4, 0.5) is 5.69 Å². The lowest BCUT2D eigenvalue weighted by atomic mass is 10.1. The van der Waals surface area contributed by atoms with Crippen molar-refractivity contribution < 1.29 is 14.4 Å². The predicted molar refractivity (Wildman–Crippen MR) is 131 cm³/mol. The number of aromatic nitrogens is 1. The van der Waals surface area contributed by atoms with E-state index >= 15 is 0 Å². The Kier molecular flexibility index (Phi) is 6.22. The van der Waals surface area contributed by atoms with Crippen LogP contribution in [-0.4, -0.2) is 28.8 Å². The van der Waals surface area contributed by atoms with Gasteiger partial charge in [0.05, 0.1) is 6.54 Å². The van der Waals surface area contributed by atoms with Crippen LogP contribution >= 0.6 is 0 Å². The lowest BCUT2D eigenvalue weighted by Crippen LogP contribution is -2.33. The van der Waals surface area contributed by atoms with Crippen LogP contribution in [0.3, 0.4) is 0 Å². The van der Waals surface area contributed by atoms with Crippen LogP contribution in [0.2, 0.25) is 0 Å². The van der Waals surface area contributed by atoms with Gasteiger partial charge < -0.3 is 20.9 Å². The first-order chi connectivity index (χ1) is 16.0. The highest BCUT2D eigenvalue weighted by Crippen LogP contribution is 2.30. The van der Waals surface area contributed by atoms with Gasteiger partial charge in [-0.1, -0.05) is 30.3 Å². The fourth-order valence-corrected chi connectivity index (χ4v) is 3.88. The van der Waals surface area contributed by atoms with Crippen LogP contribution < -0.4 is 16.4 Å². The van der Waals surface area contributed by atoms with Crippen molar-refractivity contribution in [3.63, 3.8) is 0 Å². The van der Waals surface area contributed by atoms with Crippen LogP contribution in [0.25, 0.3) is 27.9 Å². The van der Waals surface area contributed by atoms with E-state index in [0.717, 1.165) is 23.0 Å². The van der Waals surface area contributed by atoms with Crippen LogP contribution in [-0.2, 0) is 16.1 Å². The lowest BCUT2D eigenvalue weighted by Gasteiger charge is -2.06. The Morgan fingerprint density at radius 2 is 1.73 bits per heavy atom. The van der Waals surface area contributed by atoms with Gasteiger partial charge in [0.1, 0.15) is 0 Å². The molecule has 4 rings (SSSR count). The molecule has 0 radical (unpaired) electrons. The summed E-state index contributed by atoms with van der Waals surface area (Å²) in [5.74, 6) is -1.39. The third-order valence-corrected chi connectivity index (χ3v) is 5.36. The minimum absolute atomic E-state index is 0.251. The van der Waals surface area contributed by atoms with Gasteiger partial charge in [0.2, 0.25) is 11.8 Å². The first kappa shape index (κ1) is 21.8. The molecule has 0 aliphatic carbocycles. The Morgan fingerprint density at radius 1 is 0.939 bits per heavy atom. The smallest absolute Gasteiger partial charge is 0.251 e. The second kappa shape index (κ2) is 9.40. The molecule has 3 aromatic carbocycles. The number of fused-ring (bicyclic) bond motifs is 3. The maximum Gasteiger partial charge on any atom is 0.251 e. The zero-order chi connectivity index (χ0) is 23.4. The van der Waals surface area contributed by atoms with Crippen molar-refractivity contribution in [3.8, 4) is 0 Å². The Balaban J connectivity index is 1.50. The van der Waals surface area contributed by atoms with Gasteiger partial charge >= 0.3 is 0 Å². The van der Waals surface area contributed by atoms with Crippen LogP contribution in [0.15, 0.2) is 72.8 Å². The number of para-hydroxylation sites is 1. The van der Waals surface area contributed by atoms with E-state index in [0.29, 0.717) is 11.3 Å². The number of amides is 3. The lowest BCUT2D eigenvalue weighted by molar-refractivity contribution is -0.117. The number of hydrogen-bond acceptors (Lipinski definition) is 3. The SMILES string of the molecule is CCn1c2ccccc2c2cc(C=CC(=O)Nc3cccc(C(=O)NCC(N)=O)c3)ccc21. The average Bonchev–Trinajstić information content (AvgIpc) is 3.14. The highest BCUT2D eigenvalue weighted by atomic mass is 16.2. The molecule has 0 atom stereocenters. The number of nitrogens with zero attached hydrogens (tertiary/aromatic N) is 1. The van der Waals surface area contributed by atoms with Gasteiger partial charge in [-0.05, 0) is 55.0 Å². The highest BCUT2D eigenvalue weighted by molar-refractivity contribution is 6.09. The second-order valence-corrected chi connectivity index (χ2v) is 7.59. The van der Waals surface area contributed by atoms with Crippen LogP contribution in [0.5, 0.6) is 0 Å². The molecule has 1 aromatic heterocycles. The molecule has 0 aliphatic heterocycles. The number of aryl methyl sites for hydroxylation is 1. The monoisotopic (exact) mass is 440 g/mol. The molecule has 0 saturated heterocycles. The Hall–Kier alpha value is -4.39. The molecule has 0 aliphatic rings. The molecule has 0 bridgehead atoms. The summed E-state index contributed by atoms with van der Waals surface area (Å²) in [5.41, 5.74) is 9.09. The van der Waals surface area contributed by atoms with Gasteiger partial charge in [0.25, 0.3) is 5.91 Å². The molecule has 4 aromatic rings. The van der Waals surface area contributed by atoms with Gasteiger partial charge in [0.15, 0.2) is 0 Å². The zero-order valence-corrected chi connectivity index (χ0v) is 18.2. The van der Waals surface area contributed by atoms with E-state index in [1.54, 1.807) is 24.3 Å². The number of primary amides is 1. The molecular formula is C26H24N4O3. The highest BCUT2D eigenvalue weighted by Gasteiger charge is 2.10. The first-order valence-electron chi connectivity index (χ1n) is 10.6. The summed E-state index contributed by atoms with van der Waals surface area (Å²) in [5, 5.41) is 7.49. The number of nitrogens with one attached hydrogen (secondary N) is 2. The number of carbonyl (C=O) groups is 3. The van der Waals surface area contributed by atoms with E-state index in [1.165, 1.54) is 23.0 Å². The normalized spacial score (nSPS) is 11.2. The standard InChI is InChI=1S/C26H24N4O3/c1-2-30-22-9-4-3-8-20(22)21-14-17(10-12-23(21)30)11-13-25(32)29-19-7-5-6-18(15-19)26(33)28-16-24(27)31/h3-15H,2,16H2,1H3,(H2,27,31)(H,28,33)(H,29,32). The van der Waals surface area contributed by atoms with Crippen LogP contribution in [0.1, 0.15) is 22.8 Å². The third-order valence-electron chi connectivity index (χ3n) is 5.36. The van der Waals surface area contributed by atoms with Crippen LogP contribution in [0, 0.1) is 0 Å². The van der Waals surface area contributed by atoms with Gasteiger partial charge in [-0.2, -0.15) is 0 Å². The summed E-state index contributed by atoms with van der Waals surface area (Å²) in [4.78, 5) is 35.4. The Labute approximate surface area is 190 Å². The summed E-state index contributed by atoms with van der Waals surface area (Å²) in [6.45, 7) is 2.75. The number of hydrogen-bond donors (Lipinski definition) is 3. The van der Waals surface area contributed by atoms with E-state index in [1.807, 2.05) is 18.2 Å². The van der Waals surface area contributed by atoms with Crippen molar-refractivity contribution in [2.45, 2.75) is 13.5 Å². The van der Waals surface area contributed by atoms with E-state index in [4.69, 9.17) is 5.73 Å². The number of rotatable bonds is 7. The quantitative estimate of drug-likeness (QED) is 0.382. The van der Waals surface area contributed by atoms with Crippen molar-refractivity contribution in [2.75, 3.05) is 11.9 Å². The minimum Gasteiger partial charge on any atom is -0.368 e. The fourth-order valence-electron chi connectivity index (χ4n) is 3.88. The van der Waals surface area contributed by atoms with Gasteiger partial charge in [0, 0.05) is 45.7 Å². The number of carbonyl (C=O) groups excluding carboxylic acids is 3. The molecule has 7 heteroatoms.